The summed E-state index contributed by atoms with van der Waals surface area (Å²) in [6.45, 7) is 3.64. The minimum Gasteiger partial charge on any atom is -0.497 e. The van der Waals surface area contributed by atoms with Gasteiger partial charge >= 0.3 is 5.97 Å². The van der Waals surface area contributed by atoms with E-state index in [2.05, 4.69) is 0 Å². The first-order chi connectivity index (χ1) is 16.8. The van der Waals surface area contributed by atoms with Crippen LogP contribution in [0.4, 0.5) is 4.39 Å². The predicted molar refractivity (Wildman–Crippen MR) is 122 cm³/mol. The number of rotatable bonds is 5. The van der Waals surface area contributed by atoms with Gasteiger partial charge in [0.15, 0.2) is 0 Å². The van der Waals surface area contributed by atoms with Crippen LogP contribution in [-0.4, -0.2) is 60.0 Å². The molecule has 2 fully saturated rings. The molecule has 2 aromatic carbocycles. The number of ether oxygens (including phenoxy) is 3. The Morgan fingerprint density at radius 3 is 2.63 bits per heavy atom. The summed E-state index contributed by atoms with van der Waals surface area (Å²) in [6, 6.07) is 10.6. The van der Waals surface area contributed by atoms with Crippen LogP contribution in [0.1, 0.15) is 31.0 Å². The molecule has 0 N–H and O–H groups in total. The molecule has 184 valence electrons. The number of carbonyl (C=O) groups is 3. The molecule has 0 saturated carbocycles. The van der Waals surface area contributed by atoms with Gasteiger partial charge in [-0.1, -0.05) is 12.1 Å². The number of piperazine rings is 1. The maximum absolute atomic E-state index is 14.0. The van der Waals surface area contributed by atoms with Crippen LogP contribution in [-0.2, 0) is 25.7 Å². The topological polar surface area (TPSA) is 85.4 Å². The van der Waals surface area contributed by atoms with E-state index in [9.17, 15) is 18.8 Å². The lowest BCUT2D eigenvalue weighted by Gasteiger charge is -2.47. The number of halogens is 1. The number of amides is 2. The van der Waals surface area contributed by atoms with Gasteiger partial charge in [-0.15, -0.1) is 0 Å². The molecule has 0 radical (unpaired) electrons. The molecule has 5 rings (SSSR count). The normalized spacial score (nSPS) is 27.0. The highest BCUT2D eigenvalue weighted by molar-refractivity contribution is 6.02. The van der Waals surface area contributed by atoms with Gasteiger partial charge in [0.1, 0.15) is 29.4 Å². The largest absolute Gasteiger partial charge is 0.497 e. The first-order valence-corrected chi connectivity index (χ1v) is 11.6. The second-order valence-electron chi connectivity index (χ2n) is 9.25. The van der Waals surface area contributed by atoms with E-state index in [1.165, 1.54) is 17.0 Å². The third kappa shape index (κ3) is 3.52. The van der Waals surface area contributed by atoms with Crippen LogP contribution >= 0.6 is 0 Å². The van der Waals surface area contributed by atoms with Gasteiger partial charge in [0.05, 0.1) is 32.3 Å². The van der Waals surface area contributed by atoms with Gasteiger partial charge in [-0.2, -0.15) is 0 Å². The average Bonchev–Trinajstić information content (AvgIpc) is 3.14. The zero-order valence-corrected chi connectivity index (χ0v) is 19.8. The molecular formula is C26H27FN2O6. The van der Waals surface area contributed by atoms with Crippen molar-refractivity contribution >= 4 is 17.8 Å². The third-order valence-electron chi connectivity index (χ3n) is 7.33. The van der Waals surface area contributed by atoms with Gasteiger partial charge in [0.2, 0.25) is 11.8 Å². The molecule has 2 aromatic rings. The number of benzene rings is 2. The Balaban J connectivity index is 1.59. The molecule has 8 nitrogen and oxygen atoms in total. The van der Waals surface area contributed by atoms with E-state index in [1.807, 2.05) is 0 Å². The molecule has 0 bridgehead atoms. The average molecular weight is 483 g/mol. The Hall–Kier alpha value is -3.62. The number of hydrogen-bond donors (Lipinski definition) is 0. The summed E-state index contributed by atoms with van der Waals surface area (Å²) in [6.07, 6.45) is 0. The highest BCUT2D eigenvalue weighted by Crippen LogP contribution is 2.57. The fourth-order valence-electron chi connectivity index (χ4n) is 5.84. The number of nitrogens with zero attached hydrogens (tertiary/aromatic N) is 2. The van der Waals surface area contributed by atoms with Crippen LogP contribution in [0.5, 0.6) is 11.5 Å². The Morgan fingerprint density at radius 2 is 1.94 bits per heavy atom. The number of hydrogen-bond acceptors (Lipinski definition) is 6. The molecule has 3 heterocycles. The van der Waals surface area contributed by atoms with Crippen molar-refractivity contribution in [3.05, 3.63) is 59.4 Å². The zero-order chi connectivity index (χ0) is 24.9. The van der Waals surface area contributed by atoms with E-state index in [0.29, 0.717) is 22.6 Å². The lowest BCUT2D eigenvalue weighted by atomic mass is 9.77. The summed E-state index contributed by atoms with van der Waals surface area (Å²) in [4.78, 5) is 44.0. The van der Waals surface area contributed by atoms with Crippen LogP contribution in [0.2, 0.25) is 0 Å². The minimum absolute atomic E-state index is 0.125. The summed E-state index contributed by atoms with van der Waals surface area (Å²) in [5.74, 6) is -1.76. The number of methoxy groups -OCH3 is 1. The second-order valence-corrected chi connectivity index (χ2v) is 9.25. The molecule has 3 aliphatic rings. The Labute approximate surface area is 202 Å². The Morgan fingerprint density at radius 1 is 1.20 bits per heavy atom. The van der Waals surface area contributed by atoms with E-state index in [4.69, 9.17) is 14.2 Å². The maximum atomic E-state index is 14.0. The van der Waals surface area contributed by atoms with Crippen LogP contribution in [0, 0.1) is 17.7 Å². The van der Waals surface area contributed by atoms with Crippen molar-refractivity contribution in [3.63, 3.8) is 0 Å². The van der Waals surface area contributed by atoms with Crippen molar-refractivity contribution in [3.8, 4) is 11.5 Å². The molecule has 4 atom stereocenters. The highest BCUT2D eigenvalue weighted by Gasteiger charge is 2.69. The summed E-state index contributed by atoms with van der Waals surface area (Å²) in [5.41, 5.74) is -0.0803. The van der Waals surface area contributed by atoms with Crippen LogP contribution in [0.3, 0.4) is 0 Å². The summed E-state index contributed by atoms with van der Waals surface area (Å²) in [5, 5.41) is 0. The number of esters is 1. The highest BCUT2D eigenvalue weighted by atomic mass is 19.1. The lowest BCUT2D eigenvalue weighted by molar-refractivity contribution is -0.170. The molecule has 0 aliphatic carbocycles. The van der Waals surface area contributed by atoms with Crippen molar-refractivity contribution in [2.75, 3.05) is 26.9 Å². The molecule has 2 saturated heterocycles. The fourth-order valence-corrected chi connectivity index (χ4v) is 5.84. The van der Waals surface area contributed by atoms with Gasteiger partial charge in [0, 0.05) is 18.0 Å². The van der Waals surface area contributed by atoms with Gasteiger partial charge in [0.25, 0.3) is 0 Å². The zero-order valence-electron chi connectivity index (χ0n) is 19.8. The smallest absolute Gasteiger partial charge is 0.312 e. The number of carbonyl (C=O) groups excluding carboxylic acids is 3. The Kier molecular flexibility index (Phi) is 5.65. The standard InChI is InChI=1S/C26H27FN2O6/c1-4-34-24(31)22-19-14-35-20-10-9-17(33-3)11-18(20)23(19)29-21(30)13-28(25(32)26(22,29)2)12-15-5-7-16(27)8-6-15/h5-11,19,22-23H,4,12-14H2,1-3H3/t19?,22?,23?,26-/m1/s1. The van der Waals surface area contributed by atoms with Crippen molar-refractivity contribution in [2.24, 2.45) is 11.8 Å². The maximum Gasteiger partial charge on any atom is 0.312 e. The second kappa shape index (κ2) is 8.55. The molecule has 35 heavy (non-hydrogen) atoms. The van der Waals surface area contributed by atoms with Gasteiger partial charge in [-0.25, -0.2) is 4.39 Å². The summed E-state index contributed by atoms with van der Waals surface area (Å²) in [7, 11) is 1.55. The fraction of sp³-hybridized carbons (Fsp3) is 0.423. The van der Waals surface area contributed by atoms with Crippen molar-refractivity contribution < 1.29 is 33.0 Å². The quantitative estimate of drug-likeness (QED) is 0.610. The number of fused-ring (bicyclic) bond motifs is 5. The van der Waals surface area contributed by atoms with Crippen molar-refractivity contribution in [1.29, 1.82) is 0 Å². The van der Waals surface area contributed by atoms with Crippen LogP contribution < -0.4 is 9.47 Å². The third-order valence-corrected chi connectivity index (χ3v) is 7.33. The predicted octanol–water partition coefficient (Wildman–Crippen LogP) is 2.71. The first-order valence-electron chi connectivity index (χ1n) is 11.6. The summed E-state index contributed by atoms with van der Waals surface area (Å²) < 4.78 is 30.2. The van der Waals surface area contributed by atoms with Gasteiger partial charge in [-0.3, -0.25) is 14.4 Å². The van der Waals surface area contributed by atoms with Crippen molar-refractivity contribution in [1.82, 2.24) is 9.80 Å². The summed E-state index contributed by atoms with van der Waals surface area (Å²) >= 11 is 0. The van der Waals surface area contributed by atoms with E-state index >= 15 is 0 Å². The molecular weight excluding hydrogens is 455 g/mol. The Bertz CT molecular complexity index is 1180. The monoisotopic (exact) mass is 482 g/mol. The van der Waals surface area contributed by atoms with Gasteiger partial charge in [-0.05, 0) is 49.7 Å². The lowest BCUT2D eigenvalue weighted by Crippen LogP contribution is -2.67. The van der Waals surface area contributed by atoms with Crippen LogP contribution in [0.25, 0.3) is 0 Å². The van der Waals surface area contributed by atoms with Crippen LogP contribution in [0.15, 0.2) is 42.5 Å². The van der Waals surface area contributed by atoms with Gasteiger partial charge < -0.3 is 24.0 Å². The SMILES string of the molecule is CCOC(=O)C1C2COc3ccc(OC)cc3C2N2C(=O)CN(Cc3ccc(F)cc3)C(=O)[C@@]12C. The van der Waals surface area contributed by atoms with E-state index in [0.717, 1.165) is 0 Å². The molecule has 2 amide bonds. The minimum atomic E-state index is -1.47. The first kappa shape index (κ1) is 23.1. The molecule has 3 aliphatic heterocycles. The van der Waals surface area contributed by atoms with E-state index in [-0.39, 0.29) is 43.9 Å². The van der Waals surface area contributed by atoms with E-state index < -0.39 is 29.4 Å². The molecule has 9 heteroatoms. The molecule has 3 unspecified atom stereocenters. The molecule has 0 spiro atoms. The molecule has 0 aromatic heterocycles. The van der Waals surface area contributed by atoms with Crippen molar-refractivity contribution in [2.45, 2.75) is 32.0 Å². The van der Waals surface area contributed by atoms with E-state index in [1.54, 1.807) is 56.2 Å².